The zero-order chi connectivity index (χ0) is 23.7. The highest BCUT2D eigenvalue weighted by atomic mass is 19.1. The molecule has 1 aromatic rings. The molecule has 1 N–H and O–H groups in total. The van der Waals surface area contributed by atoms with Crippen molar-refractivity contribution in [3.05, 3.63) is 30.1 Å². The molecule has 0 bridgehead atoms. The fraction of sp³-hybridized carbons (Fsp3) is 0.625. The normalized spacial score (nSPS) is 24.9. The smallest absolute Gasteiger partial charge is 0.334 e. The predicted octanol–water partition coefficient (Wildman–Crippen LogP) is 3.26. The fourth-order valence-corrected chi connectivity index (χ4v) is 5.41. The van der Waals surface area contributed by atoms with Crippen LogP contribution in [0.3, 0.4) is 0 Å². The average Bonchev–Trinajstić information content (AvgIpc) is 2.75. The van der Waals surface area contributed by atoms with E-state index in [2.05, 4.69) is 5.32 Å². The van der Waals surface area contributed by atoms with E-state index in [0.717, 1.165) is 25.7 Å². The summed E-state index contributed by atoms with van der Waals surface area (Å²) in [6, 6.07) is 4.82. The van der Waals surface area contributed by atoms with E-state index in [1.807, 2.05) is 18.7 Å². The minimum absolute atomic E-state index is 0.00161. The Hall–Kier alpha value is -2.68. The summed E-state index contributed by atoms with van der Waals surface area (Å²) in [5.74, 6) is -0.386. The Kier molecular flexibility index (Phi) is 6.88. The van der Waals surface area contributed by atoms with Crippen molar-refractivity contribution >= 4 is 23.5 Å². The maximum Gasteiger partial charge on any atom is 0.338 e. The number of piperazine rings is 1. The zero-order valence-corrected chi connectivity index (χ0v) is 19.7. The first kappa shape index (κ1) is 23.5. The van der Waals surface area contributed by atoms with Gasteiger partial charge in [0.1, 0.15) is 18.0 Å². The van der Waals surface area contributed by atoms with E-state index in [-0.39, 0.29) is 36.9 Å². The molecule has 2 saturated heterocycles. The Labute approximate surface area is 194 Å². The molecule has 9 heteroatoms. The van der Waals surface area contributed by atoms with E-state index in [4.69, 9.17) is 0 Å². The molecule has 0 spiro atoms. The third-order valence-electron chi connectivity index (χ3n) is 6.88. The molecule has 2 atom stereocenters. The summed E-state index contributed by atoms with van der Waals surface area (Å²) in [6.07, 6.45) is 5.19. The van der Waals surface area contributed by atoms with E-state index in [1.54, 1.807) is 23.0 Å². The molecular weight excluding hydrogens is 425 g/mol. The third-order valence-corrected chi connectivity index (χ3v) is 6.88. The van der Waals surface area contributed by atoms with Crippen molar-refractivity contribution in [1.82, 2.24) is 19.8 Å². The van der Waals surface area contributed by atoms with Gasteiger partial charge in [-0.3, -0.25) is 9.59 Å². The summed E-state index contributed by atoms with van der Waals surface area (Å²) in [5.41, 5.74) is 0.339. The van der Waals surface area contributed by atoms with Crippen LogP contribution < -0.4 is 5.32 Å². The van der Waals surface area contributed by atoms with Crippen LogP contribution in [0.5, 0.6) is 0 Å². The Bertz CT molecular complexity index is 904. The van der Waals surface area contributed by atoms with Gasteiger partial charge >= 0.3 is 6.03 Å². The number of carbonyl (C=O) groups excluding carboxylic acids is 3. The van der Waals surface area contributed by atoms with Gasteiger partial charge in [-0.25, -0.2) is 19.2 Å². The molecular formula is C24H34FN5O3. The molecule has 0 aromatic heterocycles. The molecule has 2 aliphatic heterocycles. The van der Waals surface area contributed by atoms with Crippen molar-refractivity contribution < 1.29 is 18.8 Å². The topological polar surface area (TPSA) is 76.2 Å². The number of likely N-dealkylation sites (N-methyl/N-ethyl adjacent to an activating group) is 1. The van der Waals surface area contributed by atoms with E-state index in [1.165, 1.54) is 29.6 Å². The Morgan fingerprint density at radius 2 is 1.91 bits per heavy atom. The van der Waals surface area contributed by atoms with Crippen molar-refractivity contribution in [2.45, 2.75) is 70.6 Å². The largest absolute Gasteiger partial charge is 0.338 e. The van der Waals surface area contributed by atoms with Gasteiger partial charge in [-0.1, -0.05) is 39.2 Å². The van der Waals surface area contributed by atoms with Crippen molar-refractivity contribution in [2.24, 2.45) is 5.92 Å². The van der Waals surface area contributed by atoms with Crippen LogP contribution in [0, 0.1) is 11.7 Å². The molecule has 180 valence electrons. The number of hydrogen-bond donors (Lipinski definition) is 1. The monoisotopic (exact) mass is 459 g/mol. The van der Waals surface area contributed by atoms with Crippen LogP contribution >= 0.6 is 0 Å². The minimum Gasteiger partial charge on any atom is -0.334 e. The second-order valence-corrected chi connectivity index (χ2v) is 9.81. The number of nitrogens with one attached hydrogen (secondary N) is 1. The number of hydrogen-bond acceptors (Lipinski definition) is 4. The Balaban J connectivity index is 1.65. The van der Waals surface area contributed by atoms with Crippen LogP contribution in [0.15, 0.2) is 24.3 Å². The van der Waals surface area contributed by atoms with Crippen LogP contribution in [0.4, 0.5) is 14.9 Å². The summed E-state index contributed by atoms with van der Waals surface area (Å²) >= 11 is 0. The summed E-state index contributed by atoms with van der Waals surface area (Å²) in [7, 11) is 1.69. The van der Waals surface area contributed by atoms with E-state index in [0.29, 0.717) is 12.1 Å². The maximum atomic E-state index is 13.7. The Morgan fingerprint density at radius 3 is 2.58 bits per heavy atom. The second kappa shape index (κ2) is 9.67. The van der Waals surface area contributed by atoms with Gasteiger partial charge in [-0.05, 0) is 43.4 Å². The van der Waals surface area contributed by atoms with Gasteiger partial charge < -0.3 is 15.1 Å². The van der Waals surface area contributed by atoms with Gasteiger partial charge in [0, 0.05) is 18.8 Å². The number of nitrogens with zero attached hydrogens (tertiary/aromatic N) is 4. The van der Waals surface area contributed by atoms with Gasteiger partial charge in [-0.15, -0.1) is 0 Å². The first-order valence-corrected chi connectivity index (χ1v) is 11.9. The van der Waals surface area contributed by atoms with Gasteiger partial charge in [0.25, 0.3) is 0 Å². The molecule has 4 amide bonds. The third kappa shape index (κ3) is 4.83. The molecule has 8 nitrogen and oxygen atoms in total. The molecule has 0 unspecified atom stereocenters. The van der Waals surface area contributed by atoms with Crippen LogP contribution in [0.1, 0.15) is 52.4 Å². The quantitative estimate of drug-likeness (QED) is 0.750. The lowest BCUT2D eigenvalue weighted by Gasteiger charge is -2.56. The highest BCUT2D eigenvalue weighted by molar-refractivity contribution is 5.94. The maximum absolute atomic E-state index is 13.7. The number of carbonyl (C=O) groups is 3. The molecule has 1 aromatic carbocycles. The average molecular weight is 460 g/mol. The lowest BCUT2D eigenvalue weighted by atomic mass is 9.90. The minimum atomic E-state index is -0.604. The lowest BCUT2D eigenvalue weighted by molar-refractivity contribution is -0.190. The molecule has 2 heterocycles. The van der Waals surface area contributed by atoms with E-state index >= 15 is 0 Å². The molecule has 0 radical (unpaired) electrons. The van der Waals surface area contributed by atoms with Crippen molar-refractivity contribution in [1.29, 1.82) is 0 Å². The number of anilines is 1. The van der Waals surface area contributed by atoms with E-state index < -0.39 is 24.1 Å². The molecule has 3 aliphatic rings. The van der Waals surface area contributed by atoms with Gasteiger partial charge in [0.2, 0.25) is 11.8 Å². The number of urea groups is 1. The van der Waals surface area contributed by atoms with Crippen molar-refractivity contribution in [2.75, 3.05) is 25.5 Å². The number of benzene rings is 1. The first-order valence-electron chi connectivity index (χ1n) is 11.9. The van der Waals surface area contributed by atoms with Crippen molar-refractivity contribution in [3.8, 4) is 0 Å². The fourth-order valence-electron chi connectivity index (χ4n) is 5.41. The zero-order valence-electron chi connectivity index (χ0n) is 19.7. The number of amides is 4. The van der Waals surface area contributed by atoms with Crippen molar-refractivity contribution in [3.63, 3.8) is 0 Å². The van der Waals surface area contributed by atoms with Crippen LogP contribution in [-0.2, 0) is 9.59 Å². The van der Waals surface area contributed by atoms with E-state index in [9.17, 15) is 18.8 Å². The summed E-state index contributed by atoms with van der Waals surface area (Å²) < 4.78 is 13.7. The second-order valence-electron chi connectivity index (χ2n) is 9.81. The van der Waals surface area contributed by atoms with Crippen LogP contribution in [0.25, 0.3) is 0 Å². The summed E-state index contributed by atoms with van der Waals surface area (Å²) in [6.45, 7) is 4.36. The Morgan fingerprint density at radius 1 is 1.18 bits per heavy atom. The molecule has 1 aliphatic carbocycles. The number of fused-ring (bicyclic) bond motifs is 1. The highest BCUT2D eigenvalue weighted by Gasteiger charge is 2.51. The summed E-state index contributed by atoms with van der Waals surface area (Å²) in [4.78, 5) is 43.6. The summed E-state index contributed by atoms with van der Waals surface area (Å²) in [5, 5.41) is 5.87. The molecule has 4 rings (SSSR count). The van der Waals surface area contributed by atoms with Crippen LogP contribution in [-0.4, -0.2) is 76.0 Å². The number of hydrazine groups is 1. The number of rotatable bonds is 4. The lowest BCUT2D eigenvalue weighted by Crippen LogP contribution is -2.76. The predicted molar refractivity (Wildman–Crippen MR) is 122 cm³/mol. The molecule has 1 saturated carbocycles. The molecule has 33 heavy (non-hydrogen) atoms. The molecule has 3 fully saturated rings. The van der Waals surface area contributed by atoms with Gasteiger partial charge in [0.15, 0.2) is 0 Å². The van der Waals surface area contributed by atoms with Crippen LogP contribution in [0.2, 0.25) is 0 Å². The SMILES string of the molecule is CC(C)C[C@H]1C(=O)N(C2CCCCC2)C[C@H]2N1C(=O)CN(C)N2C(=O)Nc1cccc(F)c1. The van der Waals surface area contributed by atoms with Gasteiger partial charge in [0.05, 0.1) is 13.1 Å². The van der Waals surface area contributed by atoms with Gasteiger partial charge in [-0.2, -0.15) is 0 Å². The first-order chi connectivity index (χ1) is 15.8. The standard InChI is InChI=1S/C24H34FN5O3/c1-16(2)12-20-23(32)28(19-10-5-4-6-11-19)14-21-29(20)22(31)15-27(3)30(21)24(33)26-18-9-7-8-17(25)13-18/h7-9,13,16,19-21H,4-6,10-12,14-15H2,1-3H3,(H,26,33)/t20-,21-/m0/s1. The number of halogens is 1. The highest BCUT2D eigenvalue weighted by Crippen LogP contribution is 2.33.